The molecule has 0 aliphatic carbocycles. The summed E-state index contributed by atoms with van der Waals surface area (Å²) in [5.74, 6) is -0.684. The third kappa shape index (κ3) is 4.15. The fourth-order valence-electron chi connectivity index (χ4n) is 1.62. The number of hydrazone groups is 1. The van der Waals surface area contributed by atoms with Crippen molar-refractivity contribution in [3.63, 3.8) is 0 Å². The van der Waals surface area contributed by atoms with Crippen molar-refractivity contribution in [2.45, 2.75) is 47.6 Å². The van der Waals surface area contributed by atoms with Gasteiger partial charge in [0.2, 0.25) is 0 Å². The van der Waals surface area contributed by atoms with Crippen LogP contribution in [-0.2, 0) is 0 Å². The summed E-state index contributed by atoms with van der Waals surface area (Å²) in [6.07, 6.45) is 1.71. The molecule has 2 atom stereocenters. The fourth-order valence-corrected chi connectivity index (χ4v) is 1.62. The van der Waals surface area contributed by atoms with Crippen LogP contribution in [0, 0.1) is 11.7 Å². The third-order valence-corrected chi connectivity index (χ3v) is 2.89. The minimum absolute atomic E-state index is 0.0212. The van der Waals surface area contributed by atoms with Crippen LogP contribution in [0.2, 0.25) is 0 Å². The summed E-state index contributed by atoms with van der Waals surface area (Å²) in [5, 5.41) is 5.34. The second kappa shape index (κ2) is 9.23. The molecule has 0 aromatic heterocycles. The van der Waals surface area contributed by atoms with Crippen LogP contribution in [0.1, 0.15) is 51.9 Å². The van der Waals surface area contributed by atoms with Crippen molar-refractivity contribution in [3.05, 3.63) is 35.6 Å². The van der Waals surface area contributed by atoms with Gasteiger partial charge in [0.25, 0.3) is 5.91 Å². The van der Waals surface area contributed by atoms with Crippen LogP contribution in [0.25, 0.3) is 0 Å². The summed E-state index contributed by atoms with van der Waals surface area (Å²) in [6, 6.07) is 5.94. The standard InChI is InChI=1S/C12H13FN2O.2C2H6/c1-8-7-14-15(9(8)2)12(16)10-5-3-4-6-11(10)13;2*1-2/h3-9H,1-2H3;2*1-2H3. The van der Waals surface area contributed by atoms with Gasteiger partial charge in [0.15, 0.2) is 0 Å². The maximum Gasteiger partial charge on any atom is 0.277 e. The minimum atomic E-state index is -0.505. The summed E-state index contributed by atoms with van der Waals surface area (Å²) in [6.45, 7) is 11.9. The van der Waals surface area contributed by atoms with Crippen molar-refractivity contribution in [3.8, 4) is 0 Å². The lowest BCUT2D eigenvalue weighted by molar-refractivity contribution is 0.0701. The van der Waals surface area contributed by atoms with Crippen molar-refractivity contribution in [1.82, 2.24) is 5.01 Å². The zero-order valence-corrected chi connectivity index (χ0v) is 13.2. The Morgan fingerprint density at radius 1 is 1.15 bits per heavy atom. The van der Waals surface area contributed by atoms with Gasteiger partial charge < -0.3 is 0 Å². The van der Waals surface area contributed by atoms with Gasteiger partial charge in [-0.3, -0.25) is 4.79 Å². The number of hydrogen-bond donors (Lipinski definition) is 0. The van der Waals surface area contributed by atoms with Crippen LogP contribution in [0.5, 0.6) is 0 Å². The van der Waals surface area contributed by atoms with E-state index in [9.17, 15) is 9.18 Å². The summed E-state index contributed by atoms with van der Waals surface area (Å²) >= 11 is 0. The van der Waals surface area contributed by atoms with E-state index in [1.807, 2.05) is 41.5 Å². The van der Waals surface area contributed by atoms with Crippen LogP contribution < -0.4 is 0 Å². The lowest BCUT2D eigenvalue weighted by atomic mass is 10.1. The van der Waals surface area contributed by atoms with E-state index >= 15 is 0 Å². The van der Waals surface area contributed by atoms with Crippen molar-refractivity contribution < 1.29 is 9.18 Å². The molecule has 1 amide bonds. The number of nitrogens with zero attached hydrogens (tertiary/aromatic N) is 2. The largest absolute Gasteiger partial charge is 0.277 e. The second-order valence-corrected chi connectivity index (χ2v) is 3.99. The minimum Gasteiger partial charge on any atom is -0.267 e. The summed E-state index contributed by atoms with van der Waals surface area (Å²) in [4.78, 5) is 12.0. The van der Waals surface area contributed by atoms with E-state index in [1.165, 1.54) is 17.1 Å². The van der Waals surface area contributed by atoms with Crippen LogP contribution in [0.4, 0.5) is 4.39 Å². The molecule has 1 heterocycles. The Kier molecular flexibility index (Phi) is 8.45. The predicted octanol–water partition coefficient (Wildman–Crippen LogP) is 4.34. The Hall–Kier alpha value is -1.71. The van der Waals surface area contributed by atoms with Crippen molar-refractivity contribution >= 4 is 12.1 Å². The molecule has 0 radical (unpaired) electrons. The Morgan fingerprint density at radius 2 is 1.70 bits per heavy atom. The van der Waals surface area contributed by atoms with Crippen molar-refractivity contribution in [1.29, 1.82) is 0 Å². The average Bonchev–Trinajstić information content (AvgIpc) is 2.83. The molecule has 1 aliphatic rings. The third-order valence-electron chi connectivity index (χ3n) is 2.89. The smallest absolute Gasteiger partial charge is 0.267 e. The molecule has 3 nitrogen and oxygen atoms in total. The zero-order chi connectivity index (χ0) is 15.7. The summed E-state index contributed by atoms with van der Waals surface area (Å²) in [7, 11) is 0. The summed E-state index contributed by atoms with van der Waals surface area (Å²) < 4.78 is 13.4. The molecule has 0 spiro atoms. The van der Waals surface area contributed by atoms with Gasteiger partial charge in [-0.2, -0.15) is 5.10 Å². The van der Waals surface area contributed by atoms with Crippen molar-refractivity contribution in [2.75, 3.05) is 0 Å². The molecular weight excluding hydrogens is 255 g/mol. The number of hydrogen-bond acceptors (Lipinski definition) is 2. The molecule has 1 aliphatic heterocycles. The highest BCUT2D eigenvalue weighted by Crippen LogP contribution is 2.20. The van der Waals surface area contributed by atoms with E-state index in [2.05, 4.69) is 5.10 Å². The normalized spacial score (nSPS) is 19.6. The first-order valence-electron chi connectivity index (χ1n) is 7.23. The predicted molar refractivity (Wildman–Crippen MR) is 82.4 cm³/mol. The lowest BCUT2D eigenvalue weighted by Gasteiger charge is -2.20. The van der Waals surface area contributed by atoms with Crippen LogP contribution in [-0.4, -0.2) is 23.2 Å². The number of carbonyl (C=O) groups is 1. The lowest BCUT2D eigenvalue weighted by Crippen LogP contribution is -2.34. The van der Waals surface area contributed by atoms with Crippen LogP contribution >= 0.6 is 0 Å². The molecular formula is C16H25FN2O. The molecule has 0 saturated heterocycles. The summed E-state index contributed by atoms with van der Waals surface area (Å²) in [5.41, 5.74) is 0.0700. The van der Waals surface area contributed by atoms with Gasteiger partial charge in [0.05, 0.1) is 11.6 Å². The molecule has 0 bridgehead atoms. The highest BCUT2D eigenvalue weighted by atomic mass is 19.1. The molecule has 0 fully saturated rings. The fraction of sp³-hybridized carbons (Fsp3) is 0.500. The van der Waals surface area contributed by atoms with Gasteiger partial charge in [-0.1, -0.05) is 46.8 Å². The highest BCUT2D eigenvalue weighted by molar-refractivity contribution is 5.95. The topological polar surface area (TPSA) is 32.7 Å². The molecule has 2 unspecified atom stereocenters. The van der Waals surface area contributed by atoms with Gasteiger partial charge >= 0.3 is 0 Å². The Morgan fingerprint density at radius 3 is 2.15 bits per heavy atom. The van der Waals surface area contributed by atoms with Gasteiger partial charge in [-0.15, -0.1) is 0 Å². The molecule has 2 rings (SSSR count). The first-order chi connectivity index (χ1) is 9.61. The quantitative estimate of drug-likeness (QED) is 0.753. The van der Waals surface area contributed by atoms with E-state index in [4.69, 9.17) is 0 Å². The molecule has 112 valence electrons. The Bertz CT molecular complexity index is 446. The monoisotopic (exact) mass is 280 g/mol. The molecule has 1 aromatic rings. The zero-order valence-electron chi connectivity index (χ0n) is 13.2. The number of benzene rings is 1. The number of halogens is 1. The first-order valence-corrected chi connectivity index (χ1v) is 7.23. The van der Waals surface area contributed by atoms with Crippen molar-refractivity contribution in [2.24, 2.45) is 11.0 Å². The molecule has 4 heteroatoms. The van der Waals surface area contributed by atoms with Crippen LogP contribution in [0.15, 0.2) is 29.4 Å². The van der Waals surface area contributed by atoms with E-state index in [1.54, 1.807) is 18.3 Å². The Labute approximate surface area is 121 Å². The average molecular weight is 280 g/mol. The second-order valence-electron chi connectivity index (χ2n) is 3.99. The maximum absolute atomic E-state index is 13.4. The first kappa shape index (κ1) is 18.3. The van der Waals surface area contributed by atoms with Crippen LogP contribution in [0.3, 0.4) is 0 Å². The maximum atomic E-state index is 13.4. The van der Waals surface area contributed by atoms with Gasteiger partial charge in [0.1, 0.15) is 5.82 Å². The number of carbonyl (C=O) groups excluding carboxylic acids is 1. The molecule has 0 N–H and O–H groups in total. The number of amides is 1. The molecule has 0 saturated carbocycles. The Balaban J connectivity index is 0.000000829. The van der Waals surface area contributed by atoms with E-state index in [0.717, 1.165) is 0 Å². The number of rotatable bonds is 1. The SMILES string of the molecule is CC.CC.CC1C=NN(C(=O)c2ccccc2F)C1C. The van der Waals surface area contributed by atoms with Gasteiger partial charge in [-0.25, -0.2) is 9.40 Å². The van der Waals surface area contributed by atoms with Gasteiger partial charge in [0, 0.05) is 12.1 Å². The highest BCUT2D eigenvalue weighted by Gasteiger charge is 2.30. The molecule has 20 heavy (non-hydrogen) atoms. The van der Waals surface area contributed by atoms with E-state index in [0.29, 0.717) is 0 Å². The van der Waals surface area contributed by atoms with Gasteiger partial charge in [-0.05, 0) is 19.1 Å². The van der Waals surface area contributed by atoms with E-state index in [-0.39, 0.29) is 23.4 Å². The van der Waals surface area contributed by atoms with E-state index < -0.39 is 5.82 Å². The molecule has 1 aromatic carbocycles.